The van der Waals surface area contributed by atoms with Gasteiger partial charge in [0, 0.05) is 31.2 Å². The summed E-state index contributed by atoms with van der Waals surface area (Å²) in [6, 6.07) is 4.61. The van der Waals surface area contributed by atoms with Crippen LogP contribution in [0.15, 0.2) is 18.2 Å². The molecule has 0 aromatic heterocycles. The zero-order valence-electron chi connectivity index (χ0n) is 12.3. The Kier molecular flexibility index (Phi) is 5.49. The summed E-state index contributed by atoms with van der Waals surface area (Å²) in [6.07, 6.45) is 3.69. The largest absolute Gasteiger partial charge is 0.313 e. The summed E-state index contributed by atoms with van der Waals surface area (Å²) >= 11 is 0. The topological polar surface area (TPSA) is 15.3 Å². The third-order valence-corrected chi connectivity index (χ3v) is 3.91. The normalized spacial score (nSPS) is 19.8. The van der Waals surface area contributed by atoms with Crippen LogP contribution in [-0.2, 0) is 6.54 Å². The standard InChI is InChI=1S/C16H24F2N2/c1-12(2)20(11-16-5-3-4-6-19-16)10-13-7-14(17)9-15(18)8-13/h7-9,12,16,19H,3-6,10-11H2,1-2H3. The number of piperidine rings is 1. The Bertz CT molecular complexity index is 408. The molecule has 1 fully saturated rings. The predicted octanol–water partition coefficient (Wildman–Crippen LogP) is 3.32. The van der Waals surface area contributed by atoms with Crippen LogP contribution in [0.1, 0.15) is 38.7 Å². The van der Waals surface area contributed by atoms with Crippen LogP contribution >= 0.6 is 0 Å². The highest BCUT2D eigenvalue weighted by Crippen LogP contribution is 2.15. The van der Waals surface area contributed by atoms with Crippen LogP contribution in [0, 0.1) is 11.6 Å². The molecule has 1 aromatic rings. The summed E-state index contributed by atoms with van der Waals surface area (Å²) in [5, 5.41) is 3.52. The number of hydrogen-bond donors (Lipinski definition) is 1. The number of nitrogens with zero attached hydrogens (tertiary/aromatic N) is 1. The van der Waals surface area contributed by atoms with E-state index in [-0.39, 0.29) is 0 Å². The van der Waals surface area contributed by atoms with E-state index in [4.69, 9.17) is 0 Å². The van der Waals surface area contributed by atoms with Gasteiger partial charge in [-0.15, -0.1) is 0 Å². The average Bonchev–Trinajstić information content (AvgIpc) is 2.38. The molecule has 1 aliphatic rings. The van der Waals surface area contributed by atoms with Crippen LogP contribution in [0.25, 0.3) is 0 Å². The molecule has 0 aliphatic carbocycles. The summed E-state index contributed by atoms with van der Waals surface area (Å²) in [4.78, 5) is 2.28. The van der Waals surface area contributed by atoms with Crippen molar-refractivity contribution in [2.75, 3.05) is 13.1 Å². The molecule has 112 valence electrons. The Morgan fingerprint density at radius 1 is 1.20 bits per heavy atom. The van der Waals surface area contributed by atoms with E-state index in [1.807, 2.05) is 0 Å². The fraction of sp³-hybridized carbons (Fsp3) is 0.625. The van der Waals surface area contributed by atoms with E-state index in [0.717, 1.165) is 19.2 Å². The molecule has 2 rings (SSSR count). The van der Waals surface area contributed by atoms with E-state index in [1.54, 1.807) is 0 Å². The molecule has 1 heterocycles. The first-order valence-corrected chi connectivity index (χ1v) is 7.47. The van der Waals surface area contributed by atoms with E-state index < -0.39 is 11.6 Å². The van der Waals surface area contributed by atoms with E-state index in [2.05, 4.69) is 24.1 Å². The quantitative estimate of drug-likeness (QED) is 0.891. The molecule has 0 bridgehead atoms. The molecule has 0 amide bonds. The zero-order chi connectivity index (χ0) is 14.5. The molecule has 0 radical (unpaired) electrons. The molecule has 1 aromatic carbocycles. The average molecular weight is 282 g/mol. The van der Waals surface area contributed by atoms with Gasteiger partial charge in [0.2, 0.25) is 0 Å². The Morgan fingerprint density at radius 2 is 1.90 bits per heavy atom. The summed E-state index contributed by atoms with van der Waals surface area (Å²) < 4.78 is 26.5. The maximum Gasteiger partial charge on any atom is 0.126 e. The van der Waals surface area contributed by atoms with Crippen molar-refractivity contribution < 1.29 is 8.78 Å². The van der Waals surface area contributed by atoms with Crippen molar-refractivity contribution in [3.05, 3.63) is 35.4 Å². The Hall–Kier alpha value is -1.00. The minimum Gasteiger partial charge on any atom is -0.313 e. The second-order valence-electron chi connectivity index (χ2n) is 5.95. The second kappa shape index (κ2) is 7.14. The van der Waals surface area contributed by atoms with E-state index >= 15 is 0 Å². The van der Waals surface area contributed by atoms with Crippen molar-refractivity contribution in [2.45, 2.75) is 51.7 Å². The molecule has 0 saturated carbocycles. The van der Waals surface area contributed by atoms with Crippen molar-refractivity contribution in [3.8, 4) is 0 Å². The molecule has 1 atom stereocenters. The van der Waals surface area contributed by atoms with Gasteiger partial charge in [-0.25, -0.2) is 8.78 Å². The van der Waals surface area contributed by atoms with Gasteiger partial charge in [-0.3, -0.25) is 4.90 Å². The van der Waals surface area contributed by atoms with Crippen LogP contribution < -0.4 is 5.32 Å². The fourth-order valence-electron chi connectivity index (χ4n) is 2.76. The van der Waals surface area contributed by atoms with Gasteiger partial charge in [-0.05, 0) is 50.9 Å². The third-order valence-electron chi connectivity index (χ3n) is 3.91. The van der Waals surface area contributed by atoms with Crippen molar-refractivity contribution in [3.63, 3.8) is 0 Å². The van der Waals surface area contributed by atoms with Crippen molar-refractivity contribution in [1.29, 1.82) is 0 Å². The van der Waals surface area contributed by atoms with Gasteiger partial charge < -0.3 is 5.32 Å². The zero-order valence-corrected chi connectivity index (χ0v) is 12.3. The monoisotopic (exact) mass is 282 g/mol. The van der Waals surface area contributed by atoms with Gasteiger partial charge in [0.1, 0.15) is 11.6 Å². The summed E-state index contributed by atoms with van der Waals surface area (Å²) in [5.41, 5.74) is 0.701. The summed E-state index contributed by atoms with van der Waals surface area (Å²) in [7, 11) is 0. The van der Waals surface area contributed by atoms with Gasteiger partial charge >= 0.3 is 0 Å². The second-order valence-corrected chi connectivity index (χ2v) is 5.95. The SMILES string of the molecule is CC(C)N(Cc1cc(F)cc(F)c1)CC1CCCCN1. The number of hydrogen-bond acceptors (Lipinski definition) is 2. The molecule has 2 nitrogen and oxygen atoms in total. The van der Waals surface area contributed by atoms with Crippen LogP contribution in [0.2, 0.25) is 0 Å². The maximum absolute atomic E-state index is 13.3. The van der Waals surface area contributed by atoms with Gasteiger partial charge in [-0.1, -0.05) is 6.42 Å². The highest BCUT2D eigenvalue weighted by Gasteiger charge is 2.19. The molecule has 0 spiro atoms. The first-order valence-electron chi connectivity index (χ1n) is 7.47. The Labute approximate surface area is 120 Å². The van der Waals surface area contributed by atoms with E-state index in [1.165, 1.54) is 31.4 Å². The maximum atomic E-state index is 13.3. The molecule has 1 N–H and O–H groups in total. The Balaban J connectivity index is 2.00. The van der Waals surface area contributed by atoms with Crippen LogP contribution in [0.5, 0.6) is 0 Å². The molecule has 4 heteroatoms. The van der Waals surface area contributed by atoms with Gasteiger partial charge in [0.05, 0.1) is 0 Å². The lowest BCUT2D eigenvalue weighted by molar-refractivity contribution is 0.177. The van der Waals surface area contributed by atoms with Gasteiger partial charge in [0.25, 0.3) is 0 Å². The van der Waals surface area contributed by atoms with Crippen LogP contribution in [-0.4, -0.2) is 30.1 Å². The molecule has 1 saturated heterocycles. The summed E-state index contributed by atoms with van der Waals surface area (Å²) in [6.45, 7) is 6.84. The molecule has 1 unspecified atom stereocenters. The van der Waals surface area contributed by atoms with E-state index in [0.29, 0.717) is 24.2 Å². The lowest BCUT2D eigenvalue weighted by atomic mass is 10.0. The van der Waals surface area contributed by atoms with Gasteiger partial charge in [0.15, 0.2) is 0 Å². The molecule has 1 aliphatic heterocycles. The minimum atomic E-state index is -0.500. The highest BCUT2D eigenvalue weighted by atomic mass is 19.1. The van der Waals surface area contributed by atoms with Crippen LogP contribution in [0.4, 0.5) is 8.78 Å². The lowest BCUT2D eigenvalue weighted by Gasteiger charge is -2.33. The fourth-order valence-corrected chi connectivity index (χ4v) is 2.76. The number of halogens is 2. The van der Waals surface area contributed by atoms with Crippen molar-refractivity contribution in [2.24, 2.45) is 0 Å². The predicted molar refractivity (Wildman–Crippen MR) is 77.5 cm³/mol. The minimum absolute atomic E-state index is 0.352. The number of benzene rings is 1. The lowest BCUT2D eigenvalue weighted by Crippen LogP contribution is -2.45. The molecular weight excluding hydrogens is 258 g/mol. The van der Waals surface area contributed by atoms with Crippen molar-refractivity contribution >= 4 is 0 Å². The van der Waals surface area contributed by atoms with Gasteiger partial charge in [-0.2, -0.15) is 0 Å². The Morgan fingerprint density at radius 3 is 2.45 bits per heavy atom. The highest BCUT2D eigenvalue weighted by molar-refractivity contribution is 5.17. The molecule has 20 heavy (non-hydrogen) atoms. The van der Waals surface area contributed by atoms with Crippen molar-refractivity contribution in [1.82, 2.24) is 10.2 Å². The molecular formula is C16H24F2N2. The third kappa shape index (κ3) is 4.53. The first kappa shape index (κ1) is 15.4. The van der Waals surface area contributed by atoms with Crippen LogP contribution in [0.3, 0.4) is 0 Å². The first-order chi connectivity index (χ1) is 9.54. The smallest absolute Gasteiger partial charge is 0.126 e. The van der Waals surface area contributed by atoms with E-state index in [9.17, 15) is 8.78 Å². The number of nitrogens with one attached hydrogen (secondary N) is 1. The summed E-state index contributed by atoms with van der Waals surface area (Å²) in [5.74, 6) is -1.00. The number of rotatable bonds is 5.